The maximum Gasteiger partial charge on any atom is 0.0190 e. The van der Waals surface area contributed by atoms with Gasteiger partial charge in [0, 0.05) is 12.6 Å². The van der Waals surface area contributed by atoms with Crippen molar-refractivity contribution in [3.8, 4) is 0 Å². The Morgan fingerprint density at radius 1 is 1.14 bits per heavy atom. The Balaban J connectivity index is 3.38. The maximum atomic E-state index is 5.71. The molecule has 0 aromatic carbocycles. The SMILES string of the molecule is CCCCCCC(CN)NCC(C)C. The van der Waals surface area contributed by atoms with Gasteiger partial charge in [-0.05, 0) is 18.9 Å². The largest absolute Gasteiger partial charge is 0.329 e. The highest BCUT2D eigenvalue weighted by Gasteiger charge is 2.05. The van der Waals surface area contributed by atoms with E-state index in [2.05, 4.69) is 26.1 Å². The molecule has 0 saturated heterocycles. The highest BCUT2D eigenvalue weighted by atomic mass is 14.9. The quantitative estimate of drug-likeness (QED) is 0.561. The van der Waals surface area contributed by atoms with E-state index >= 15 is 0 Å². The molecule has 0 saturated carbocycles. The number of rotatable bonds is 9. The summed E-state index contributed by atoms with van der Waals surface area (Å²) in [5.41, 5.74) is 5.71. The molecule has 0 aliphatic rings. The molecular formula is C12H28N2. The van der Waals surface area contributed by atoms with Gasteiger partial charge in [0.1, 0.15) is 0 Å². The fourth-order valence-electron chi connectivity index (χ4n) is 1.52. The monoisotopic (exact) mass is 200 g/mol. The minimum Gasteiger partial charge on any atom is -0.329 e. The second kappa shape index (κ2) is 9.47. The first-order valence-corrected chi connectivity index (χ1v) is 6.14. The van der Waals surface area contributed by atoms with Gasteiger partial charge in [-0.15, -0.1) is 0 Å². The van der Waals surface area contributed by atoms with Crippen LogP contribution in [0.2, 0.25) is 0 Å². The summed E-state index contributed by atoms with van der Waals surface area (Å²) in [6, 6.07) is 0.536. The summed E-state index contributed by atoms with van der Waals surface area (Å²) < 4.78 is 0. The van der Waals surface area contributed by atoms with Crippen molar-refractivity contribution in [2.24, 2.45) is 11.7 Å². The Labute approximate surface area is 89.6 Å². The standard InChI is InChI=1S/C12H28N2/c1-4-5-6-7-8-12(9-13)14-10-11(2)3/h11-12,14H,4-10,13H2,1-3H3. The third-order valence-corrected chi connectivity index (χ3v) is 2.51. The lowest BCUT2D eigenvalue weighted by molar-refractivity contribution is 0.430. The van der Waals surface area contributed by atoms with Gasteiger partial charge in [0.25, 0.3) is 0 Å². The summed E-state index contributed by atoms with van der Waals surface area (Å²) in [5, 5.41) is 3.52. The van der Waals surface area contributed by atoms with Crippen LogP contribution in [0.5, 0.6) is 0 Å². The Bertz CT molecular complexity index is 113. The second-order valence-electron chi connectivity index (χ2n) is 4.58. The highest BCUT2D eigenvalue weighted by molar-refractivity contribution is 4.68. The Morgan fingerprint density at radius 3 is 2.36 bits per heavy atom. The molecule has 3 N–H and O–H groups in total. The van der Waals surface area contributed by atoms with Crippen LogP contribution in [0.1, 0.15) is 52.9 Å². The molecule has 0 fully saturated rings. The van der Waals surface area contributed by atoms with Crippen LogP contribution in [0.3, 0.4) is 0 Å². The number of nitrogens with two attached hydrogens (primary N) is 1. The van der Waals surface area contributed by atoms with Gasteiger partial charge in [-0.25, -0.2) is 0 Å². The van der Waals surface area contributed by atoms with Crippen molar-refractivity contribution >= 4 is 0 Å². The molecule has 0 rings (SSSR count). The van der Waals surface area contributed by atoms with E-state index in [1.54, 1.807) is 0 Å². The van der Waals surface area contributed by atoms with E-state index in [4.69, 9.17) is 5.73 Å². The summed E-state index contributed by atoms with van der Waals surface area (Å²) in [7, 11) is 0. The van der Waals surface area contributed by atoms with Crippen molar-refractivity contribution in [3.63, 3.8) is 0 Å². The normalized spacial score (nSPS) is 13.5. The Hall–Kier alpha value is -0.0800. The lowest BCUT2D eigenvalue weighted by atomic mass is 10.1. The summed E-state index contributed by atoms with van der Waals surface area (Å²) in [5.74, 6) is 0.722. The Morgan fingerprint density at radius 2 is 1.86 bits per heavy atom. The molecule has 0 aliphatic heterocycles. The first-order chi connectivity index (χ1) is 6.70. The third-order valence-electron chi connectivity index (χ3n) is 2.51. The number of nitrogens with one attached hydrogen (secondary N) is 1. The van der Waals surface area contributed by atoms with E-state index in [0.717, 1.165) is 19.0 Å². The van der Waals surface area contributed by atoms with Crippen molar-refractivity contribution in [1.29, 1.82) is 0 Å². The van der Waals surface area contributed by atoms with Gasteiger partial charge < -0.3 is 11.1 Å². The van der Waals surface area contributed by atoms with Gasteiger partial charge >= 0.3 is 0 Å². The van der Waals surface area contributed by atoms with E-state index in [-0.39, 0.29) is 0 Å². The zero-order valence-electron chi connectivity index (χ0n) is 10.2. The molecule has 0 aromatic rings. The minimum absolute atomic E-state index is 0.536. The van der Waals surface area contributed by atoms with Crippen LogP contribution in [-0.4, -0.2) is 19.1 Å². The molecule has 0 heterocycles. The lowest BCUT2D eigenvalue weighted by Gasteiger charge is -2.18. The fourth-order valence-corrected chi connectivity index (χ4v) is 1.52. The van der Waals surface area contributed by atoms with Crippen molar-refractivity contribution in [2.75, 3.05) is 13.1 Å². The lowest BCUT2D eigenvalue weighted by Crippen LogP contribution is -2.38. The summed E-state index contributed by atoms with van der Waals surface area (Å²) in [6.07, 6.45) is 6.59. The average molecular weight is 200 g/mol. The van der Waals surface area contributed by atoms with Crippen LogP contribution in [0.25, 0.3) is 0 Å². The van der Waals surface area contributed by atoms with Gasteiger partial charge in [0.2, 0.25) is 0 Å². The van der Waals surface area contributed by atoms with Crippen LogP contribution >= 0.6 is 0 Å². The van der Waals surface area contributed by atoms with Crippen LogP contribution < -0.4 is 11.1 Å². The van der Waals surface area contributed by atoms with Crippen LogP contribution in [-0.2, 0) is 0 Å². The van der Waals surface area contributed by atoms with Gasteiger partial charge in [0.05, 0.1) is 0 Å². The Kier molecular flexibility index (Phi) is 9.42. The predicted octanol–water partition coefficient (Wildman–Crippen LogP) is 2.53. The fraction of sp³-hybridized carbons (Fsp3) is 1.00. The summed E-state index contributed by atoms with van der Waals surface area (Å²) in [6.45, 7) is 8.58. The zero-order chi connectivity index (χ0) is 10.8. The van der Waals surface area contributed by atoms with Gasteiger partial charge in [0.15, 0.2) is 0 Å². The number of hydrogen-bond donors (Lipinski definition) is 2. The smallest absolute Gasteiger partial charge is 0.0190 e. The molecule has 0 amide bonds. The molecule has 1 atom stereocenters. The maximum absolute atomic E-state index is 5.71. The van der Waals surface area contributed by atoms with E-state index in [0.29, 0.717) is 6.04 Å². The molecule has 0 aromatic heterocycles. The number of unbranched alkanes of at least 4 members (excludes halogenated alkanes) is 3. The third kappa shape index (κ3) is 8.52. The van der Waals surface area contributed by atoms with Crippen molar-refractivity contribution in [3.05, 3.63) is 0 Å². The van der Waals surface area contributed by atoms with E-state index < -0.39 is 0 Å². The van der Waals surface area contributed by atoms with Gasteiger partial charge in [-0.2, -0.15) is 0 Å². The topological polar surface area (TPSA) is 38.0 Å². The second-order valence-corrected chi connectivity index (χ2v) is 4.58. The molecule has 1 unspecified atom stereocenters. The van der Waals surface area contributed by atoms with Gasteiger partial charge in [-0.1, -0.05) is 46.5 Å². The van der Waals surface area contributed by atoms with Crippen LogP contribution in [0, 0.1) is 5.92 Å². The summed E-state index contributed by atoms with van der Waals surface area (Å²) >= 11 is 0. The van der Waals surface area contributed by atoms with E-state index in [1.165, 1.54) is 32.1 Å². The number of hydrogen-bond acceptors (Lipinski definition) is 2. The molecule has 0 bridgehead atoms. The van der Waals surface area contributed by atoms with E-state index in [9.17, 15) is 0 Å². The summed E-state index contributed by atoms with van der Waals surface area (Å²) in [4.78, 5) is 0. The first kappa shape index (κ1) is 13.9. The van der Waals surface area contributed by atoms with Crippen molar-refractivity contribution in [2.45, 2.75) is 58.9 Å². The average Bonchev–Trinajstić information content (AvgIpc) is 2.16. The predicted molar refractivity (Wildman–Crippen MR) is 64.4 cm³/mol. The first-order valence-electron chi connectivity index (χ1n) is 6.14. The van der Waals surface area contributed by atoms with Crippen LogP contribution in [0.4, 0.5) is 0 Å². The zero-order valence-corrected chi connectivity index (χ0v) is 10.2. The van der Waals surface area contributed by atoms with Crippen LogP contribution in [0.15, 0.2) is 0 Å². The molecule has 14 heavy (non-hydrogen) atoms. The highest BCUT2D eigenvalue weighted by Crippen LogP contribution is 2.05. The molecule has 86 valence electrons. The molecule has 0 spiro atoms. The van der Waals surface area contributed by atoms with Crippen molar-refractivity contribution in [1.82, 2.24) is 5.32 Å². The molecule has 2 nitrogen and oxygen atoms in total. The van der Waals surface area contributed by atoms with E-state index in [1.807, 2.05) is 0 Å². The molecule has 0 aliphatic carbocycles. The van der Waals surface area contributed by atoms with Crippen molar-refractivity contribution < 1.29 is 0 Å². The van der Waals surface area contributed by atoms with Gasteiger partial charge in [-0.3, -0.25) is 0 Å². The minimum atomic E-state index is 0.536. The molecule has 2 heteroatoms. The molecule has 0 radical (unpaired) electrons. The molecular weight excluding hydrogens is 172 g/mol.